The third-order valence-corrected chi connectivity index (χ3v) is 3.47. The summed E-state index contributed by atoms with van der Waals surface area (Å²) in [7, 11) is 1.64. The number of methoxy groups -OCH3 is 1. The molecule has 0 saturated carbocycles. The molecule has 3 heteroatoms. The van der Waals surface area contributed by atoms with Gasteiger partial charge in [0.1, 0.15) is 17.6 Å². The van der Waals surface area contributed by atoms with Crippen molar-refractivity contribution < 1.29 is 14.6 Å². The Morgan fingerprint density at radius 3 is 2.53 bits per heavy atom. The van der Waals surface area contributed by atoms with Gasteiger partial charge < -0.3 is 14.6 Å². The van der Waals surface area contributed by atoms with Gasteiger partial charge in [-0.15, -0.1) is 0 Å². The molecule has 1 N–H and O–H groups in total. The summed E-state index contributed by atoms with van der Waals surface area (Å²) < 4.78 is 11.4. The molecule has 3 nitrogen and oxygen atoms in total. The van der Waals surface area contributed by atoms with Crippen LogP contribution in [0.4, 0.5) is 0 Å². The van der Waals surface area contributed by atoms with Crippen LogP contribution in [0.2, 0.25) is 0 Å². The van der Waals surface area contributed by atoms with Gasteiger partial charge in [-0.1, -0.05) is 36.4 Å². The van der Waals surface area contributed by atoms with Gasteiger partial charge in [-0.05, 0) is 12.1 Å². The molecule has 1 heterocycles. The summed E-state index contributed by atoms with van der Waals surface area (Å²) in [5, 5.41) is 10.2. The van der Waals surface area contributed by atoms with Crippen LogP contribution in [-0.2, 0) is 0 Å². The van der Waals surface area contributed by atoms with E-state index in [9.17, 15) is 5.11 Å². The quantitative estimate of drug-likeness (QED) is 0.896. The molecule has 2 aromatic carbocycles. The van der Waals surface area contributed by atoms with Crippen LogP contribution in [0.5, 0.6) is 11.5 Å². The van der Waals surface area contributed by atoms with Crippen LogP contribution in [0.25, 0.3) is 0 Å². The fourth-order valence-corrected chi connectivity index (χ4v) is 2.52. The number of hydrogen-bond donors (Lipinski definition) is 1. The minimum atomic E-state index is -0.500. The van der Waals surface area contributed by atoms with Crippen molar-refractivity contribution in [2.24, 2.45) is 0 Å². The first-order valence-electron chi connectivity index (χ1n) is 6.36. The fraction of sp³-hybridized carbons (Fsp3) is 0.250. The number of ether oxygens (including phenoxy) is 2. The molecule has 0 aromatic heterocycles. The second-order valence-electron chi connectivity index (χ2n) is 4.64. The summed E-state index contributed by atoms with van der Waals surface area (Å²) in [6, 6.07) is 15.4. The number of aliphatic hydroxyl groups is 1. The topological polar surface area (TPSA) is 38.7 Å². The minimum absolute atomic E-state index is 0.180. The highest BCUT2D eigenvalue weighted by atomic mass is 16.5. The molecule has 2 aromatic rings. The van der Waals surface area contributed by atoms with Gasteiger partial charge in [-0.3, -0.25) is 0 Å². The number of rotatable bonds is 2. The van der Waals surface area contributed by atoms with Crippen molar-refractivity contribution in [2.75, 3.05) is 7.11 Å². The van der Waals surface area contributed by atoms with Crippen molar-refractivity contribution in [3.63, 3.8) is 0 Å². The van der Waals surface area contributed by atoms with Gasteiger partial charge >= 0.3 is 0 Å². The van der Waals surface area contributed by atoms with E-state index >= 15 is 0 Å². The van der Waals surface area contributed by atoms with Gasteiger partial charge in [0, 0.05) is 17.5 Å². The Morgan fingerprint density at radius 1 is 1.05 bits per heavy atom. The highest BCUT2D eigenvalue weighted by molar-refractivity contribution is 5.41. The standard InChI is InChI=1S/C16H16O3/c1-18-14-8-4-3-7-12(14)16-10-13(17)11-6-2-5-9-15(11)19-16/h2-9,13,16-17H,10H2,1H3/t13-,16-/m0/s1. The summed E-state index contributed by atoms with van der Waals surface area (Å²) in [4.78, 5) is 0. The Bertz CT molecular complexity index is 580. The van der Waals surface area contributed by atoms with Crippen LogP contribution in [-0.4, -0.2) is 12.2 Å². The van der Waals surface area contributed by atoms with E-state index in [1.807, 2.05) is 48.5 Å². The van der Waals surface area contributed by atoms with Crippen LogP contribution in [0.15, 0.2) is 48.5 Å². The average Bonchev–Trinajstić information content (AvgIpc) is 2.47. The highest BCUT2D eigenvalue weighted by Crippen LogP contribution is 2.42. The molecule has 3 rings (SSSR count). The summed E-state index contributed by atoms with van der Waals surface area (Å²) >= 11 is 0. The lowest BCUT2D eigenvalue weighted by Crippen LogP contribution is -2.19. The van der Waals surface area contributed by atoms with E-state index in [1.54, 1.807) is 7.11 Å². The summed E-state index contributed by atoms with van der Waals surface area (Å²) in [5.41, 5.74) is 1.83. The molecular weight excluding hydrogens is 240 g/mol. The molecule has 0 amide bonds. The number of aliphatic hydroxyl groups excluding tert-OH is 1. The zero-order valence-corrected chi connectivity index (χ0v) is 10.7. The molecular formula is C16H16O3. The van der Waals surface area contributed by atoms with Gasteiger partial charge in [0.25, 0.3) is 0 Å². The van der Waals surface area contributed by atoms with Crippen molar-refractivity contribution in [3.8, 4) is 11.5 Å². The third kappa shape index (κ3) is 2.17. The van der Waals surface area contributed by atoms with Gasteiger partial charge in [-0.2, -0.15) is 0 Å². The predicted octanol–water partition coefficient (Wildman–Crippen LogP) is 3.25. The van der Waals surface area contributed by atoms with Crippen molar-refractivity contribution in [1.82, 2.24) is 0 Å². The maximum absolute atomic E-state index is 10.2. The molecule has 0 aliphatic carbocycles. The lowest BCUT2D eigenvalue weighted by Gasteiger charge is -2.30. The smallest absolute Gasteiger partial charge is 0.130 e. The van der Waals surface area contributed by atoms with E-state index < -0.39 is 6.10 Å². The molecule has 2 atom stereocenters. The molecule has 98 valence electrons. The molecule has 0 spiro atoms. The molecule has 0 radical (unpaired) electrons. The number of hydrogen-bond acceptors (Lipinski definition) is 3. The van der Waals surface area contributed by atoms with E-state index in [0.717, 1.165) is 22.6 Å². The first-order chi connectivity index (χ1) is 9.29. The lowest BCUT2D eigenvalue weighted by molar-refractivity contribution is 0.0645. The second kappa shape index (κ2) is 4.94. The Balaban J connectivity index is 1.97. The van der Waals surface area contributed by atoms with Crippen LogP contribution < -0.4 is 9.47 Å². The van der Waals surface area contributed by atoms with Crippen LogP contribution in [0.1, 0.15) is 29.8 Å². The molecule has 0 saturated heterocycles. The van der Waals surface area contributed by atoms with Crippen molar-refractivity contribution in [3.05, 3.63) is 59.7 Å². The largest absolute Gasteiger partial charge is 0.496 e. The van der Waals surface area contributed by atoms with E-state index in [0.29, 0.717) is 6.42 Å². The van der Waals surface area contributed by atoms with Gasteiger partial charge in [0.2, 0.25) is 0 Å². The molecule has 0 unspecified atom stereocenters. The second-order valence-corrected chi connectivity index (χ2v) is 4.64. The zero-order valence-electron chi connectivity index (χ0n) is 10.7. The summed E-state index contributed by atoms with van der Waals surface area (Å²) in [6.07, 6.45) is -0.141. The summed E-state index contributed by atoms with van der Waals surface area (Å²) in [6.45, 7) is 0. The first-order valence-corrected chi connectivity index (χ1v) is 6.36. The maximum atomic E-state index is 10.2. The maximum Gasteiger partial charge on any atom is 0.130 e. The van der Waals surface area contributed by atoms with Crippen molar-refractivity contribution >= 4 is 0 Å². The van der Waals surface area contributed by atoms with Gasteiger partial charge in [-0.25, -0.2) is 0 Å². The van der Waals surface area contributed by atoms with E-state index in [-0.39, 0.29) is 6.10 Å². The Kier molecular flexibility index (Phi) is 3.13. The predicted molar refractivity (Wildman–Crippen MR) is 72.4 cm³/mol. The van der Waals surface area contributed by atoms with Gasteiger partial charge in [0.15, 0.2) is 0 Å². The van der Waals surface area contributed by atoms with Crippen molar-refractivity contribution in [2.45, 2.75) is 18.6 Å². The van der Waals surface area contributed by atoms with E-state index in [4.69, 9.17) is 9.47 Å². The van der Waals surface area contributed by atoms with Crippen LogP contribution in [0.3, 0.4) is 0 Å². The zero-order chi connectivity index (χ0) is 13.2. The first kappa shape index (κ1) is 12.1. The lowest BCUT2D eigenvalue weighted by atomic mass is 9.94. The number of para-hydroxylation sites is 2. The van der Waals surface area contributed by atoms with E-state index in [1.165, 1.54) is 0 Å². The Morgan fingerprint density at radius 2 is 1.74 bits per heavy atom. The molecule has 1 aliphatic rings. The highest BCUT2D eigenvalue weighted by Gasteiger charge is 2.29. The van der Waals surface area contributed by atoms with Crippen LogP contribution in [0, 0.1) is 0 Å². The Labute approximate surface area is 112 Å². The Hall–Kier alpha value is -2.00. The SMILES string of the molecule is COc1ccccc1[C@@H]1C[C@H](O)c2ccccc2O1. The van der Waals surface area contributed by atoms with Gasteiger partial charge in [0.05, 0.1) is 13.2 Å². The monoisotopic (exact) mass is 256 g/mol. The minimum Gasteiger partial charge on any atom is -0.496 e. The molecule has 0 bridgehead atoms. The van der Waals surface area contributed by atoms with E-state index in [2.05, 4.69) is 0 Å². The normalized spacial score (nSPS) is 21.4. The average molecular weight is 256 g/mol. The number of benzene rings is 2. The molecule has 0 fully saturated rings. The molecule has 1 aliphatic heterocycles. The number of fused-ring (bicyclic) bond motifs is 1. The van der Waals surface area contributed by atoms with Crippen molar-refractivity contribution in [1.29, 1.82) is 0 Å². The third-order valence-electron chi connectivity index (χ3n) is 3.47. The van der Waals surface area contributed by atoms with Crippen LogP contribution >= 0.6 is 0 Å². The molecule has 19 heavy (non-hydrogen) atoms. The summed E-state index contributed by atoms with van der Waals surface area (Å²) in [5.74, 6) is 1.54. The fourth-order valence-electron chi connectivity index (χ4n) is 2.52.